The van der Waals surface area contributed by atoms with Gasteiger partial charge in [0.05, 0.1) is 11.4 Å². The molecule has 4 rings (SSSR count). The fourth-order valence-electron chi connectivity index (χ4n) is 3.06. The number of nitrogens with one attached hydrogen (secondary N) is 1. The van der Waals surface area contributed by atoms with Crippen molar-refractivity contribution in [1.29, 1.82) is 0 Å². The van der Waals surface area contributed by atoms with Crippen molar-refractivity contribution in [2.75, 3.05) is 5.32 Å². The molecule has 2 heterocycles. The molecule has 1 aliphatic heterocycles. The van der Waals surface area contributed by atoms with Crippen LogP contribution in [0.2, 0.25) is 0 Å². The second-order valence-electron chi connectivity index (χ2n) is 5.77. The van der Waals surface area contributed by atoms with Crippen molar-refractivity contribution in [2.45, 2.75) is 20.0 Å². The van der Waals surface area contributed by atoms with Gasteiger partial charge in [0.1, 0.15) is 5.75 Å². The van der Waals surface area contributed by atoms with Gasteiger partial charge >= 0.3 is 0 Å². The zero-order chi connectivity index (χ0) is 15.3. The van der Waals surface area contributed by atoms with E-state index in [-0.39, 0.29) is 11.9 Å². The predicted molar refractivity (Wildman–Crippen MR) is 87.0 cm³/mol. The number of benzene rings is 2. The lowest BCUT2D eigenvalue weighted by Crippen LogP contribution is -2.25. The molecule has 1 atom stereocenters. The van der Waals surface area contributed by atoms with Crippen LogP contribution in [0.25, 0.3) is 11.3 Å². The third kappa shape index (κ3) is 1.88. The van der Waals surface area contributed by atoms with Crippen molar-refractivity contribution in [2.24, 2.45) is 0 Å². The van der Waals surface area contributed by atoms with Gasteiger partial charge < -0.3 is 10.4 Å². The first-order valence-electron chi connectivity index (χ1n) is 7.35. The Balaban J connectivity index is 1.94. The van der Waals surface area contributed by atoms with E-state index in [0.29, 0.717) is 0 Å². The molecular formula is C18H17N3O. The number of aryl methyl sites for hydroxylation is 2. The number of rotatable bonds is 1. The Morgan fingerprint density at radius 3 is 2.77 bits per heavy atom. The van der Waals surface area contributed by atoms with Crippen LogP contribution in [0.15, 0.2) is 48.5 Å². The molecule has 2 N–H and O–H groups in total. The molecule has 2 aromatic carbocycles. The standard InChI is InChI=1S/C18H17N3O/c1-11-7-8-17(22)14(9-11)18-19-15-6-4-3-5-13(15)16-10-12(2)20-21(16)18/h3-10,18-19,22H,1-2H3/t18-/m0/s1. The topological polar surface area (TPSA) is 50.1 Å². The Kier molecular flexibility index (Phi) is 2.73. The molecule has 0 fully saturated rings. The van der Waals surface area contributed by atoms with Gasteiger partial charge in [-0.25, -0.2) is 4.68 Å². The summed E-state index contributed by atoms with van der Waals surface area (Å²) >= 11 is 0. The van der Waals surface area contributed by atoms with Gasteiger partial charge in [-0.15, -0.1) is 0 Å². The molecule has 1 aliphatic rings. The Morgan fingerprint density at radius 2 is 1.91 bits per heavy atom. The van der Waals surface area contributed by atoms with Crippen LogP contribution in [-0.2, 0) is 0 Å². The van der Waals surface area contributed by atoms with Gasteiger partial charge in [0.25, 0.3) is 0 Å². The van der Waals surface area contributed by atoms with Crippen molar-refractivity contribution >= 4 is 5.69 Å². The number of para-hydroxylation sites is 1. The first kappa shape index (κ1) is 13.0. The van der Waals surface area contributed by atoms with Gasteiger partial charge in [-0.3, -0.25) is 0 Å². The van der Waals surface area contributed by atoms with E-state index in [2.05, 4.69) is 28.6 Å². The summed E-state index contributed by atoms with van der Waals surface area (Å²) in [6, 6.07) is 15.9. The van der Waals surface area contributed by atoms with Gasteiger partial charge in [-0.1, -0.05) is 29.8 Å². The lowest BCUT2D eigenvalue weighted by molar-refractivity contribution is 0.452. The summed E-state index contributed by atoms with van der Waals surface area (Å²) in [5.74, 6) is 0.279. The van der Waals surface area contributed by atoms with E-state index in [0.717, 1.165) is 33.8 Å². The van der Waals surface area contributed by atoms with Crippen molar-refractivity contribution in [3.05, 3.63) is 65.4 Å². The minimum atomic E-state index is -0.210. The number of aromatic nitrogens is 2. The number of phenols is 1. The smallest absolute Gasteiger partial charge is 0.150 e. The summed E-state index contributed by atoms with van der Waals surface area (Å²) in [4.78, 5) is 0. The second kappa shape index (κ2) is 4.63. The molecule has 0 radical (unpaired) electrons. The maximum absolute atomic E-state index is 10.3. The highest BCUT2D eigenvalue weighted by molar-refractivity contribution is 5.78. The van der Waals surface area contributed by atoms with Crippen molar-refractivity contribution < 1.29 is 5.11 Å². The molecule has 0 spiro atoms. The van der Waals surface area contributed by atoms with Crippen LogP contribution < -0.4 is 5.32 Å². The Hall–Kier alpha value is -2.75. The number of phenolic OH excluding ortho intramolecular Hbond substituents is 1. The van der Waals surface area contributed by atoms with E-state index in [1.165, 1.54) is 0 Å². The molecule has 0 unspecified atom stereocenters. The number of nitrogens with zero attached hydrogens (tertiary/aromatic N) is 2. The number of hydrogen-bond donors (Lipinski definition) is 2. The minimum absolute atomic E-state index is 0.210. The SMILES string of the molecule is Cc1ccc(O)c([C@H]2Nc3ccccc3-c3cc(C)nn32)c1. The van der Waals surface area contributed by atoms with Gasteiger partial charge in [0.2, 0.25) is 0 Å². The quantitative estimate of drug-likeness (QED) is 0.716. The maximum Gasteiger partial charge on any atom is 0.150 e. The zero-order valence-electron chi connectivity index (χ0n) is 12.5. The predicted octanol–water partition coefficient (Wildman–Crippen LogP) is 3.84. The fraction of sp³-hybridized carbons (Fsp3) is 0.167. The number of hydrogen-bond acceptors (Lipinski definition) is 3. The highest BCUT2D eigenvalue weighted by atomic mass is 16.3. The molecule has 0 saturated carbocycles. The Morgan fingerprint density at radius 1 is 1.09 bits per heavy atom. The molecule has 0 bridgehead atoms. The molecule has 110 valence electrons. The number of aromatic hydroxyl groups is 1. The molecule has 22 heavy (non-hydrogen) atoms. The average molecular weight is 291 g/mol. The van der Waals surface area contributed by atoms with E-state index in [9.17, 15) is 5.11 Å². The van der Waals surface area contributed by atoms with Gasteiger partial charge in [0.15, 0.2) is 6.17 Å². The largest absolute Gasteiger partial charge is 0.508 e. The summed E-state index contributed by atoms with van der Waals surface area (Å²) in [5.41, 5.74) is 6.16. The van der Waals surface area contributed by atoms with Crippen LogP contribution in [0.4, 0.5) is 5.69 Å². The summed E-state index contributed by atoms with van der Waals surface area (Å²) in [6.07, 6.45) is -0.210. The Labute approximate surface area is 129 Å². The third-order valence-corrected chi connectivity index (χ3v) is 4.08. The van der Waals surface area contributed by atoms with Crippen LogP contribution in [0.3, 0.4) is 0 Å². The molecule has 1 aromatic heterocycles. The lowest BCUT2D eigenvalue weighted by atomic mass is 10.0. The molecule has 0 saturated heterocycles. The second-order valence-corrected chi connectivity index (χ2v) is 5.77. The number of fused-ring (bicyclic) bond motifs is 3. The summed E-state index contributed by atoms with van der Waals surface area (Å²) in [7, 11) is 0. The van der Waals surface area contributed by atoms with Crippen LogP contribution in [0.1, 0.15) is 23.0 Å². The van der Waals surface area contributed by atoms with Crippen molar-refractivity contribution in [3.63, 3.8) is 0 Å². The van der Waals surface area contributed by atoms with Gasteiger partial charge in [-0.2, -0.15) is 5.10 Å². The lowest BCUT2D eigenvalue weighted by Gasteiger charge is -2.29. The molecule has 0 aliphatic carbocycles. The van der Waals surface area contributed by atoms with E-state index in [1.807, 2.05) is 42.8 Å². The molecule has 4 nitrogen and oxygen atoms in total. The fourth-order valence-corrected chi connectivity index (χ4v) is 3.06. The summed E-state index contributed by atoms with van der Waals surface area (Å²) < 4.78 is 1.95. The summed E-state index contributed by atoms with van der Waals surface area (Å²) in [6.45, 7) is 4.01. The van der Waals surface area contributed by atoms with Gasteiger partial charge in [0, 0.05) is 16.8 Å². The van der Waals surface area contributed by atoms with Gasteiger partial charge in [-0.05, 0) is 38.1 Å². The van der Waals surface area contributed by atoms with Crippen LogP contribution in [0.5, 0.6) is 5.75 Å². The third-order valence-electron chi connectivity index (χ3n) is 4.08. The van der Waals surface area contributed by atoms with E-state index < -0.39 is 0 Å². The van der Waals surface area contributed by atoms with E-state index >= 15 is 0 Å². The first-order valence-corrected chi connectivity index (χ1v) is 7.35. The van der Waals surface area contributed by atoms with E-state index in [4.69, 9.17) is 0 Å². The van der Waals surface area contributed by atoms with Crippen LogP contribution >= 0.6 is 0 Å². The molecule has 3 aromatic rings. The minimum Gasteiger partial charge on any atom is -0.508 e. The maximum atomic E-state index is 10.3. The molecule has 4 heteroatoms. The van der Waals surface area contributed by atoms with Crippen molar-refractivity contribution in [3.8, 4) is 17.0 Å². The highest BCUT2D eigenvalue weighted by Crippen LogP contribution is 2.40. The van der Waals surface area contributed by atoms with Crippen LogP contribution in [-0.4, -0.2) is 14.9 Å². The normalized spacial score (nSPS) is 15.8. The highest BCUT2D eigenvalue weighted by Gasteiger charge is 2.27. The average Bonchev–Trinajstić information content (AvgIpc) is 2.91. The Bertz CT molecular complexity index is 867. The number of anilines is 1. The van der Waals surface area contributed by atoms with Crippen molar-refractivity contribution in [1.82, 2.24) is 9.78 Å². The van der Waals surface area contributed by atoms with E-state index in [1.54, 1.807) is 6.07 Å². The monoisotopic (exact) mass is 291 g/mol. The van der Waals surface area contributed by atoms with Crippen LogP contribution in [0, 0.1) is 13.8 Å². The summed E-state index contributed by atoms with van der Waals surface area (Å²) in [5, 5.41) is 18.4. The zero-order valence-corrected chi connectivity index (χ0v) is 12.5. The molecule has 0 amide bonds. The first-order chi connectivity index (χ1) is 10.6. The molecular weight excluding hydrogens is 274 g/mol.